The Kier molecular flexibility index (Phi) is 6.72. The Morgan fingerprint density at radius 1 is 1.23 bits per heavy atom. The van der Waals surface area contributed by atoms with Crippen molar-refractivity contribution >= 4 is 17.7 Å². The van der Waals surface area contributed by atoms with Crippen molar-refractivity contribution in [1.29, 1.82) is 0 Å². The van der Waals surface area contributed by atoms with Crippen LogP contribution in [0.2, 0.25) is 0 Å². The van der Waals surface area contributed by atoms with Gasteiger partial charge in [0.2, 0.25) is 0 Å². The lowest BCUT2D eigenvalue weighted by Crippen LogP contribution is -1.76. The Balaban J connectivity index is 0.000000424. The molecule has 0 aromatic heterocycles. The third-order valence-corrected chi connectivity index (χ3v) is 1.68. The molecule has 0 aliphatic rings. The van der Waals surface area contributed by atoms with Crippen LogP contribution in [-0.2, 0) is 5.88 Å². The van der Waals surface area contributed by atoms with Crippen molar-refractivity contribution in [3.05, 3.63) is 60.9 Å². The van der Waals surface area contributed by atoms with Gasteiger partial charge < -0.3 is 0 Å². The maximum absolute atomic E-state index is 5.60. The second-order valence-corrected chi connectivity index (χ2v) is 2.60. The van der Waals surface area contributed by atoms with Crippen molar-refractivity contribution in [2.75, 3.05) is 0 Å². The normalized spacial score (nSPS) is 7.77. The minimum atomic E-state index is 0.581. The summed E-state index contributed by atoms with van der Waals surface area (Å²) in [5.74, 6) is 0.581. The van der Waals surface area contributed by atoms with Gasteiger partial charge in [0.1, 0.15) is 0 Å². The topological polar surface area (TPSA) is 0 Å². The van der Waals surface area contributed by atoms with E-state index < -0.39 is 0 Å². The minimum Gasteiger partial charge on any atom is -0.137 e. The van der Waals surface area contributed by atoms with E-state index >= 15 is 0 Å². The molecule has 0 aliphatic carbocycles. The van der Waals surface area contributed by atoms with E-state index in [1.54, 1.807) is 0 Å². The molecular formula is C12H13Cl. The first-order valence-corrected chi connectivity index (χ1v) is 4.38. The summed E-state index contributed by atoms with van der Waals surface area (Å²) in [5.41, 5.74) is 4.53. The molecule has 0 saturated carbocycles. The Morgan fingerprint density at radius 2 is 1.69 bits per heavy atom. The lowest BCUT2D eigenvalue weighted by molar-refractivity contribution is 1.40. The molecule has 68 valence electrons. The molecule has 1 rings (SSSR count). The van der Waals surface area contributed by atoms with Crippen LogP contribution in [0.15, 0.2) is 49.7 Å². The van der Waals surface area contributed by atoms with Gasteiger partial charge >= 0.3 is 0 Å². The van der Waals surface area contributed by atoms with Gasteiger partial charge in [-0.15, -0.1) is 17.3 Å². The second kappa shape index (κ2) is 7.42. The zero-order valence-corrected chi connectivity index (χ0v) is 8.35. The van der Waals surface area contributed by atoms with E-state index in [1.807, 2.05) is 30.3 Å². The maximum Gasteiger partial charge on any atom is 0.0474 e. The Hall–Kier alpha value is -1.23. The smallest absolute Gasteiger partial charge is 0.0474 e. The van der Waals surface area contributed by atoms with Crippen molar-refractivity contribution in [2.45, 2.75) is 5.88 Å². The van der Waals surface area contributed by atoms with Crippen LogP contribution in [0, 0.1) is 0 Å². The van der Waals surface area contributed by atoms with Gasteiger partial charge in [0.15, 0.2) is 0 Å². The number of hydrogen-bond donors (Lipinski definition) is 0. The summed E-state index contributed by atoms with van der Waals surface area (Å²) < 4.78 is 0. The van der Waals surface area contributed by atoms with Crippen LogP contribution in [0.25, 0.3) is 6.08 Å². The van der Waals surface area contributed by atoms with Crippen LogP contribution in [0.3, 0.4) is 0 Å². The van der Waals surface area contributed by atoms with E-state index in [0.717, 1.165) is 11.1 Å². The van der Waals surface area contributed by atoms with E-state index in [0.29, 0.717) is 5.88 Å². The van der Waals surface area contributed by atoms with E-state index in [-0.39, 0.29) is 0 Å². The summed E-state index contributed by atoms with van der Waals surface area (Å²) in [5, 5.41) is 0. The van der Waals surface area contributed by atoms with E-state index in [1.165, 1.54) is 0 Å². The fraction of sp³-hybridized carbons (Fsp3) is 0.0833. The van der Waals surface area contributed by atoms with E-state index in [2.05, 4.69) is 25.5 Å². The molecule has 1 heteroatoms. The summed E-state index contributed by atoms with van der Waals surface area (Å²) in [6.45, 7) is 9.90. The molecule has 0 amide bonds. The summed E-state index contributed by atoms with van der Waals surface area (Å²) in [4.78, 5) is 0. The van der Waals surface area contributed by atoms with Gasteiger partial charge in [-0.05, 0) is 11.1 Å². The monoisotopic (exact) mass is 192 g/mol. The van der Waals surface area contributed by atoms with Gasteiger partial charge in [0.05, 0.1) is 0 Å². The summed E-state index contributed by atoms with van der Waals surface area (Å²) in [7, 11) is 0. The number of benzene rings is 1. The minimum absolute atomic E-state index is 0.581. The van der Waals surface area contributed by atoms with Gasteiger partial charge in [-0.2, -0.15) is 0 Å². The molecule has 0 bridgehead atoms. The number of alkyl halides is 1. The van der Waals surface area contributed by atoms with Gasteiger partial charge in [0, 0.05) is 5.88 Å². The first-order chi connectivity index (χ1) is 6.28. The fourth-order valence-corrected chi connectivity index (χ4v) is 0.921. The van der Waals surface area contributed by atoms with Crippen LogP contribution in [0.4, 0.5) is 0 Å². The average molecular weight is 193 g/mol. The van der Waals surface area contributed by atoms with Crippen LogP contribution < -0.4 is 0 Å². The lowest BCUT2D eigenvalue weighted by Gasteiger charge is -1.94. The standard InChI is InChI=1S/C9H9Cl.C3H4/c1-2-8-3-5-9(7-10)6-4-8;1-3-2/h2-6H,1,7H2;1-2H2. The fourth-order valence-electron chi connectivity index (χ4n) is 0.743. The molecule has 0 atom stereocenters. The number of halogens is 1. The summed E-state index contributed by atoms with van der Waals surface area (Å²) in [6, 6.07) is 8.02. The highest BCUT2D eigenvalue weighted by molar-refractivity contribution is 6.17. The maximum atomic E-state index is 5.60. The molecule has 0 N–H and O–H groups in total. The predicted octanol–water partition coefficient (Wildman–Crippen LogP) is 4.03. The van der Waals surface area contributed by atoms with Crippen molar-refractivity contribution in [3.63, 3.8) is 0 Å². The molecule has 0 unspecified atom stereocenters. The third-order valence-electron chi connectivity index (χ3n) is 1.37. The van der Waals surface area contributed by atoms with Crippen LogP contribution in [-0.4, -0.2) is 0 Å². The number of rotatable bonds is 2. The molecule has 1 aromatic carbocycles. The first kappa shape index (κ1) is 11.8. The van der Waals surface area contributed by atoms with Gasteiger partial charge in [-0.3, -0.25) is 0 Å². The Morgan fingerprint density at radius 3 is 2.00 bits per heavy atom. The van der Waals surface area contributed by atoms with Crippen LogP contribution in [0.5, 0.6) is 0 Å². The molecule has 13 heavy (non-hydrogen) atoms. The molecule has 0 spiro atoms. The van der Waals surface area contributed by atoms with Crippen molar-refractivity contribution in [3.8, 4) is 0 Å². The first-order valence-electron chi connectivity index (χ1n) is 3.85. The van der Waals surface area contributed by atoms with Crippen molar-refractivity contribution in [1.82, 2.24) is 0 Å². The third kappa shape index (κ3) is 5.08. The van der Waals surface area contributed by atoms with Crippen LogP contribution in [0.1, 0.15) is 11.1 Å². The van der Waals surface area contributed by atoms with Crippen LogP contribution >= 0.6 is 11.6 Å². The van der Waals surface area contributed by atoms with Crippen molar-refractivity contribution < 1.29 is 0 Å². The zero-order chi connectivity index (χ0) is 10.1. The quantitative estimate of drug-likeness (QED) is 0.491. The zero-order valence-electron chi connectivity index (χ0n) is 7.59. The highest BCUT2D eigenvalue weighted by Crippen LogP contribution is 2.06. The summed E-state index contributed by atoms with van der Waals surface area (Å²) >= 11 is 5.60. The molecule has 0 nitrogen and oxygen atoms in total. The van der Waals surface area contributed by atoms with Gasteiger partial charge in [0.25, 0.3) is 0 Å². The van der Waals surface area contributed by atoms with Gasteiger partial charge in [-0.25, -0.2) is 0 Å². The molecule has 0 radical (unpaired) electrons. The van der Waals surface area contributed by atoms with E-state index in [4.69, 9.17) is 11.6 Å². The predicted molar refractivity (Wildman–Crippen MR) is 60.9 cm³/mol. The lowest BCUT2D eigenvalue weighted by atomic mass is 10.1. The second-order valence-electron chi connectivity index (χ2n) is 2.33. The molecule has 0 saturated heterocycles. The average Bonchev–Trinajstić information content (AvgIpc) is 2.19. The molecule has 0 aliphatic heterocycles. The highest BCUT2D eigenvalue weighted by Gasteiger charge is 1.87. The van der Waals surface area contributed by atoms with Crippen molar-refractivity contribution in [2.24, 2.45) is 0 Å². The SMILES string of the molecule is C=C=C.C=Cc1ccc(CCl)cc1. The number of hydrogen-bond acceptors (Lipinski definition) is 0. The summed E-state index contributed by atoms with van der Waals surface area (Å²) in [6.07, 6.45) is 1.82. The molecular weight excluding hydrogens is 180 g/mol. The highest BCUT2D eigenvalue weighted by atomic mass is 35.5. The molecule has 0 fully saturated rings. The van der Waals surface area contributed by atoms with E-state index in [9.17, 15) is 0 Å². The molecule has 1 aromatic rings. The molecule has 0 heterocycles. The van der Waals surface area contributed by atoms with Gasteiger partial charge in [-0.1, -0.05) is 50.1 Å². The largest absolute Gasteiger partial charge is 0.137 e. The Bertz CT molecular complexity index is 276. The Labute approximate surface area is 84.9 Å².